The summed E-state index contributed by atoms with van der Waals surface area (Å²) < 4.78 is 0. The molecule has 12 heavy (non-hydrogen) atoms. The monoisotopic (exact) mass is 161 g/mol. The molecule has 3 heteroatoms. The third-order valence-corrected chi connectivity index (χ3v) is 1.46. The quantitative estimate of drug-likeness (QED) is 0.393. The lowest BCUT2D eigenvalue weighted by Crippen LogP contribution is -2.05. The van der Waals surface area contributed by atoms with Gasteiger partial charge in [-0.15, -0.1) is 0 Å². The van der Waals surface area contributed by atoms with E-state index in [1.165, 1.54) is 0 Å². The molecule has 0 heterocycles. The molecule has 0 saturated carbocycles. The van der Waals surface area contributed by atoms with Crippen LogP contribution in [0.4, 0.5) is 0 Å². The number of benzene rings is 1. The van der Waals surface area contributed by atoms with Crippen molar-refractivity contribution < 1.29 is 0 Å². The molecular formula is C9H11N3. The first-order valence-electron chi connectivity index (χ1n) is 3.64. The Labute approximate surface area is 71.6 Å². The van der Waals surface area contributed by atoms with Gasteiger partial charge in [-0.3, -0.25) is 4.99 Å². The van der Waals surface area contributed by atoms with Gasteiger partial charge in [-0.25, -0.2) is 0 Å². The number of hydrogen-bond donors (Lipinski definition) is 1. The van der Waals surface area contributed by atoms with Gasteiger partial charge in [-0.2, -0.15) is 5.10 Å². The van der Waals surface area contributed by atoms with Gasteiger partial charge in [0.15, 0.2) is 0 Å². The summed E-state index contributed by atoms with van der Waals surface area (Å²) in [6, 6.07) is 9.69. The smallest absolute Gasteiger partial charge is 0.108 e. The van der Waals surface area contributed by atoms with Crippen molar-refractivity contribution >= 4 is 11.9 Å². The molecule has 3 nitrogen and oxygen atoms in total. The summed E-state index contributed by atoms with van der Waals surface area (Å²) in [6.07, 6.45) is 1.63. The maximum atomic E-state index is 5.19. The van der Waals surface area contributed by atoms with Gasteiger partial charge in [0.25, 0.3) is 0 Å². The Morgan fingerprint density at radius 2 is 2.00 bits per heavy atom. The maximum Gasteiger partial charge on any atom is 0.108 e. The average Bonchev–Trinajstić information content (AvgIpc) is 2.15. The summed E-state index contributed by atoms with van der Waals surface area (Å²) in [5, 5.41) is 3.62. The Morgan fingerprint density at radius 1 is 1.33 bits per heavy atom. The number of aliphatic imine (C=N–C) groups is 1. The fourth-order valence-electron chi connectivity index (χ4n) is 0.914. The van der Waals surface area contributed by atoms with E-state index in [1.807, 2.05) is 30.3 Å². The van der Waals surface area contributed by atoms with Crippen LogP contribution in [0.15, 0.2) is 40.4 Å². The first-order chi connectivity index (χ1) is 5.88. The fourth-order valence-corrected chi connectivity index (χ4v) is 0.914. The van der Waals surface area contributed by atoms with E-state index >= 15 is 0 Å². The van der Waals surface area contributed by atoms with Crippen LogP contribution in [0.25, 0.3) is 0 Å². The van der Waals surface area contributed by atoms with Crippen molar-refractivity contribution in [1.82, 2.24) is 0 Å². The summed E-state index contributed by atoms with van der Waals surface area (Å²) in [5.41, 5.74) is 1.67. The van der Waals surface area contributed by atoms with Crippen molar-refractivity contribution in [3.63, 3.8) is 0 Å². The van der Waals surface area contributed by atoms with Crippen LogP contribution in [0.3, 0.4) is 0 Å². The summed E-state index contributed by atoms with van der Waals surface area (Å²) >= 11 is 0. The van der Waals surface area contributed by atoms with E-state index < -0.39 is 0 Å². The van der Waals surface area contributed by atoms with Gasteiger partial charge in [-0.05, 0) is 0 Å². The van der Waals surface area contributed by atoms with Crippen LogP contribution in [0.1, 0.15) is 5.56 Å². The zero-order chi connectivity index (χ0) is 8.81. The fraction of sp³-hybridized carbons (Fsp3) is 0.111. The minimum atomic E-state index is 0.693. The molecule has 0 radical (unpaired) electrons. The van der Waals surface area contributed by atoms with Crippen LogP contribution < -0.4 is 5.84 Å². The SMILES string of the molecule is CN=C/C(=N\N)c1ccccc1. The van der Waals surface area contributed by atoms with Gasteiger partial charge < -0.3 is 5.84 Å². The van der Waals surface area contributed by atoms with Gasteiger partial charge in [-0.1, -0.05) is 30.3 Å². The largest absolute Gasteiger partial charge is 0.323 e. The van der Waals surface area contributed by atoms with Crippen molar-refractivity contribution in [3.8, 4) is 0 Å². The maximum absolute atomic E-state index is 5.19. The number of nitrogens with two attached hydrogens (primary N) is 1. The Hall–Kier alpha value is -1.64. The molecule has 1 aromatic carbocycles. The molecule has 0 spiro atoms. The van der Waals surface area contributed by atoms with Crippen molar-refractivity contribution in [2.45, 2.75) is 0 Å². The molecule has 1 aromatic rings. The Kier molecular flexibility index (Phi) is 3.02. The van der Waals surface area contributed by atoms with Crippen molar-refractivity contribution in [2.24, 2.45) is 15.9 Å². The van der Waals surface area contributed by atoms with E-state index in [4.69, 9.17) is 5.84 Å². The predicted octanol–water partition coefficient (Wildman–Crippen LogP) is 1.05. The molecule has 0 aliphatic rings. The molecule has 0 amide bonds. The lowest BCUT2D eigenvalue weighted by Gasteiger charge is -1.96. The molecule has 0 aliphatic carbocycles. The number of nitrogens with zero attached hydrogens (tertiary/aromatic N) is 2. The van der Waals surface area contributed by atoms with Crippen molar-refractivity contribution in [1.29, 1.82) is 0 Å². The van der Waals surface area contributed by atoms with E-state index in [0.29, 0.717) is 5.71 Å². The minimum absolute atomic E-state index is 0.693. The van der Waals surface area contributed by atoms with E-state index in [1.54, 1.807) is 13.3 Å². The molecular weight excluding hydrogens is 150 g/mol. The van der Waals surface area contributed by atoms with Gasteiger partial charge in [0.1, 0.15) is 5.71 Å². The number of hydrogen-bond acceptors (Lipinski definition) is 3. The van der Waals surface area contributed by atoms with Crippen LogP contribution in [-0.4, -0.2) is 19.0 Å². The van der Waals surface area contributed by atoms with Crippen LogP contribution in [0.5, 0.6) is 0 Å². The molecule has 1 rings (SSSR count). The molecule has 0 saturated heterocycles. The predicted molar refractivity (Wildman–Crippen MR) is 51.6 cm³/mol. The number of hydrazone groups is 1. The molecule has 62 valence electrons. The standard InChI is InChI=1S/C9H11N3/c1-11-7-9(12-10)8-5-3-2-4-6-8/h2-7H,10H2,1H3/b11-7?,12-9+. The Balaban J connectivity index is 2.97. The third kappa shape index (κ3) is 1.92. The van der Waals surface area contributed by atoms with Gasteiger partial charge in [0, 0.05) is 18.8 Å². The van der Waals surface area contributed by atoms with Crippen LogP contribution >= 0.6 is 0 Å². The molecule has 0 atom stereocenters. The highest BCUT2D eigenvalue weighted by molar-refractivity contribution is 6.38. The molecule has 0 fully saturated rings. The highest BCUT2D eigenvalue weighted by atomic mass is 15.1. The van der Waals surface area contributed by atoms with Crippen LogP contribution in [0, 0.1) is 0 Å². The van der Waals surface area contributed by atoms with Crippen molar-refractivity contribution in [3.05, 3.63) is 35.9 Å². The van der Waals surface area contributed by atoms with Crippen LogP contribution in [-0.2, 0) is 0 Å². The molecule has 0 aliphatic heterocycles. The second kappa shape index (κ2) is 4.28. The van der Waals surface area contributed by atoms with Gasteiger partial charge >= 0.3 is 0 Å². The van der Waals surface area contributed by atoms with E-state index in [-0.39, 0.29) is 0 Å². The summed E-state index contributed by atoms with van der Waals surface area (Å²) in [6.45, 7) is 0. The lowest BCUT2D eigenvalue weighted by molar-refractivity contribution is 1.25. The molecule has 0 aromatic heterocycles. The lowest BCUT2D eigenvalue weighted by atomic mass is 10.1. The molecule has 2 N–H and O–H groups in total. The molecule has 0 unspecified atom stereocenters. The average molecular weight is 161 g/mol. The summed E-state index contributed by atoms with van der Waals surface area (Å²) in [5.74, 6) is 5.19. The zero-order valence-corrected chi connectivity index (χ0v) is 6.94. The van der Waals surface area contributed by atoms with E-state index in [0.717, 1.165) is 5.56 Å². The highest BCUT2D eigenvalue weighted by Crippen LogP contribution is 1.98. The van der Waals surface area contributed by atoms with Crippen LogP contribution in [0.2, 0.25) is 0 Å². The minimum Gasteiger partial charge on any atom is -0.323 e. The van der Waals surface area contributed by atoms with Gasteiger partial charge in [0.05, 0.1) is 0 Å². The Bertz CT molecular complexity index is 288. The van der Waals surface area contributed by atoms with Crippen molar-refractivity contribution in [2.75, 3.05) is 7.05 Å². The first kappa shape index (κ1) is 8.46. The second-order valence-corrected chi connectivity index (χ2v) is 2.27. The zero-order valence-electron chi connectivity index (χ0n) is 6.94. The van der Waals surface area contributed by atoms with E-state index in [9.17, 15) is 0 Å². The third-order valence-electron chi connectivity index (χ3n) is 1.46. The summed E-state index contributed by atoms with van der Waals surface area (Å²) in [7, 11) is 1.69. The second-order valence-electron chi connectivity index (χ2n) is 2.27. The van der Waals surface area contributed by atoms with E-state index in [2.05, 4.69) is 10.1 Å². The normalized spacial score (nSPS) is 12.2. The Morgan fingerprint density at radius 3 is 2.50 bits per heavy atom. The van der Waals surface area contributed by atoms with Gasteiger partial charge in [0.2, 0.25) is 0 Å². The highest BCUT2D eigenvalue weighted by Gasteiger charge is 1.96. The topological polar surface area (TPSA) is 50.7 Å². The molecule has 0 bridgehead atoms. The number of rotatable bonds is 2. The first-order valence-corrected chi connectivity index (χ1v) is 3.64. The summed E-state index contributed by atoms with van der Waals surface area (Å²) in [4.78, 5) is 3.85.